The standard InChI is InChI=1S/C11H22ClNO/c12-7-3-4-8-13(9-10-14)11-5-1-2-6-11/h11,14H,1-10H2. The van der Waals surface area contributed by atoms with Gasteiger partial charge in [-0.25, -0.2) is 0 Å². The zero-order valence-electron chi connectivity index (χ0n) is 8.92. The maximum absolute atomic E-state index is 8.99. The number of aliphatic hydroxyl groups excluding tert-OH is 1. The van der Waals surface area contributed by atoms with Gasteiger partial charge in [0, 0.05) is 18.5 Å². The number of hydrogen-bond donors (Lipinski definition) is 1. The van der Waals surface area contributed by atoms with Gasteiger partial charge in [0.15, 0.2) is 0 Å². The Morgan fingerprint density at radius 1 is 1.14 bits per heavy atom. The van der Waals surface area contributed by atoms with Crippen molar-refractivity contribution in [2.24, 2.45) is 0 Å². The highest BCUT2D eigenvalue weighted by atomic mass is 35.5. The highest BCUT2D eigenvalue weighted by Crippen LogP contribution is 2.23. The van der Waals surface area contributed by atoms with Gasteiger partial charge in [-0.3, -0.25) is 4.90 Å². The third-order valence-electron chi connectivity index (χ3n) is 3.06. The lowest BCUT2D eigenvalue weighted by atomic mass is 10.2. The van der Waals surface area contributed by atoms with E-state index in [4.69, 9.17) is 16.7 Å². The van der Waals surface area contributed by atoms with Crippen LogP contribution in [0.2, 0.25) is 0 Å². The van der Waals surface area contributed by atoms with Gasteiger partial charge in [-0.1, -0.05) is 12.8 Å². The molecule has 0 aromatic heterocycles. The van der Waals surface area contributed by atoms with Crippen molar-refractivity contribution in [2.75, 3.05) is 25.6 Å². The minimum atomic E-state index is 0.289. The molecular weight excluding hydrogens is 198 g/mol. The van der Waals surface area contributed by atoms with Gasteiger partial charge in [0.25, 0.3) is 0 Å². The summed E-state index contributed by atoms with van der Waals surface area (Å²) >= 11 is 5.65. The van der Waals surface area contributed by atoms with Gasteiger partial charge in [-0.2, -0.15) is 0 Å². The Balaban J connectivity index is 2.22. The van der Waals surface area contributed by atoms with E-state index in [1.165, 1.54) is 32.1 Å². The predicted molar refractivity (Wildman–Crippen MR) is 60.9 cm³/mol. The fraction of sp³-hybridized carbons (Fsp3) is 1.00. The maximum Gasteiger partial charge on any atom is 0.0558 e. The number of nitrogens with zero attached hydrogens (tertiary/aromatic N) is 1. The molecule has 1 saturated carbocycles. The summed E-state index contributed by atoms with van der Waals surface area (Å²) < 4.78 is 0. The van der Waals surface area contributed by atoms with Gasteiger partial charge >= 0.3 is 0 Å². The Morgan fingerprint density at radius 2 is 1.86 bits per heavy atom. The average molecular weight is 220 g/mol. The van der Waals surface area contributed by atoms with Crippen molar-refractivity contribution >= 4 is 11.6 Å². The monoisotopic (exact) mass is 219 g/mol. The van der Waals surface area contributed by atoms with E-state index in [1.54, 1.807) is 0 Å². The lowest BCUT2D eigenvalue weighted by Gasteiger charge is -2.27. The summed E-state index contributed by atoms with van der Waals surface area (Å²) in [7, 11) is 0. The first-order valence-corrected chi connectivity index (χ1v) is 6.33. The molecule has 0 aliphatic heterocycles. The number of halogens is 1. The van der Waals surface area contributed by atoms with E-state index in [9.17, 15) is 0 Å². The molecule has 0 atom stereocenters. The SMILES string of the molecule is OCCN(CCCCCl)C1CCCC1. The van der Waals surface area contributed by atoms with E-state index in [0.29, 0.717) is 0 Å². The Morgan fingerprint density at radius 3 is 2.43 bits per heavy atom. The number of rotatable bonds is 7. The molecule has 1 N–H and O–H groups in total. The third kappa shape index (κ3) is 4.16. The van der Waals surface area contributed by atoms with Crippen molar-refractivity contribution in [3.05, 3.63) is 0 Å². The summed E-state index contributed by atoms with van der Waals surface area (Å²) in [5.74, 6) is 0.762. The normalized spacial score (nSPS) is 18.2. The molecule has 1 fully saturated rings. The lowest BCUT2D eigenvalue weighted by Crippen LogP contribution is -2.36. The second-order valence-electron chi connectivity index (χ2n) is 4.09. The van der Waals surface area contributed by atoms with Crippen LogP contribution in [0.1, 0.15) is 38.5 Å². The molecule has 0 aromatic rings. The highest BCUT2D eigenvalue weighted by molar-refractivity contribution is 6.17. The minimum Gasteiger partial charge on any atom is -0.395 e. The summed E-state index contributed by atoms with van der Waals surface area (Å²) in [5, 5.41) is 8.99. The summed E-state index contributed by atoms with van der Waals surface area (Å²) in [6.45, 7) is 2.24. The largest absolute Gasteiger partial charge is 0.395 e. The molecule has 0 unspecified atom stereocenters. The molecule has 1 aliphatic carbocycles. The molecule has 0 spiro atoms. The van der Waals surface area contributed by atoms with Crippen LogP contribution < -0.4 is 0 Å². The Kier molecular flexibility index (Phi) is 6.57. The van der Waals surface area contributed by atoms with E-state index >= 15 is 0 Å². The predicted octanol–water partition coefficient (Wildman–Crippen LogP) is 2.24. The fourth-order valence-electron chi connectivity index (χ4n) is 2.28. The van der Waals surface area contributed by atoms with E-state index < -0.39 is 0 Å². The smallest absolute Gasteiger partial charge is 0.0558 e. The molecule has 14 heavy (non-hydrogen) atoms. The molecule has 0 aromatic carbocycles. The van der Waals surface area contributed by atoms with Gasteiger partial charge in [-0.15, -0.1) is 11.6 Å². The third-order valence-corrected chi connectivity index (χ3v) is 3.32. The molecule has 0 heterocycles. The second-order valence-corrected chi connectivity index (χ2v) is 4.47. The number of alkyl halides is 1. The quantitative estimate of drug-likeness (QED) is 0.525. The van der Waals surface area contributed by atoms with Crippen molar-refractivity contribution in [2.45, 2.75) is 44.6 Å². The molecule has 1 aliphatic rings. The van der Waals surface area contributed by atoms with Crippen LogP contribution in [0.5, 0.6) is 0 Å². The number of aliphatic hydroxyl groups is 1. The van der Waals surface area contributed by atoms with Crippen molar-refractivity contribution in [3.8, 4) is 0 Å². The van der Waals surface area contributed by atoms with Crippen LogP contribution >= 0.6 is 11.6 Å². The van der Waals surface area contributed by atoms with Crippen molar-refractivity contribution in [3.63, 3.8) is 0 Å². The van der Waals surface area contributed by atoms with Crippen LogP contribution in [0, 0.1) is 0 Å². The fourth-order valence-corrected chi connectivity index (χ4v) is 2.47. The first kappa shape index (κ1) is 12.3. The van der Waals surface area contributed by atoms with Gasteiger partial charge in [0.1, 0.15) is 0 Å². The summed E-state index contributed by atoms with van der Waals surface area (Å²) in [6, 6.07) is 0.734. The molecule has 2 nitrogen and oxygen atoms in total. The molecule has 0 amide bonds. The minimum absolute atomic E-state index is 0.289. The van der Waals surface area contributed by atoms with Crippen LogP contribution in [0.3, 0.4) is 0 Å². The van der Waals surface area contributed by atoms with E-state index in [-0.39, 0.29) is 6.61 Å². The van der Waals surface area contributed by atoms with E-state index in [1.807, 2.05) is 0 Å². The van der Waals surface area contributed by atoms with E-state index in [0.717, 1.165) is 31.4 Å². The van der Waals surface area contributed by atoms with Crippen LogP contribution in [0.4, 0.5) is 0 Å². The summed E-state index contributed by atoms with van der Waals surface area (Å²) in [4.78, 5) is 2.44. The average Bonchev–Trinajstić information content (AvgIpc) is 2.70. The molecule has 0 bridgehead atoms. The van der Waals surface area contributed by atoms with E-state index in [2.05, 4.69) is 4.90 Å². The number of hydrogen-bond acceptors (Lipinski definition) is 2. The summed E-state index contributed by atoms with van der Waals surface area (Å²) in [5.41, 5.74) is 0. The number of unbranched alkanes of at least 4 members (excludes halogenated alkanes) is 1. The summed E-state index contributed by atoms with van der Waals surface area (Å²) in [6.07, 6.45) is 7.63. The zero-order chi connectivity index (χ0) is 10.2. The van der Waals surface area contributed by atoms with Crippen molar-refractivity contribution < 1.29 is 5.11 Å². The Bertz CT molecular complexity index is 137. The van der Waals surface area contributed by atoms with Crippen LogP contribution in [-0.4, -0.2) is 41.6 Å². The topological polar surface area (TPSA) is 23.5 Å². The molecule has 0 radical (unpaired) electrons. The lowest BCUT2D eigenvalue weighted by molar-refractivity contribution is 0.150. The first-order chi connectivity index (χ1) is 6.88. The van der Waals surface area contributed by atoms with Crippen LogP contribution in [-0.2, 0) is 0 Å². The highest BCUT2D eigenvalue weighted by Gasteiger charge is 2.21. The zero-order valence-corrected chi connectivity index (χ0v) is 9.68. The maximum atomic E-state index is 8.99. The molecule has 3 heteroatoms. The van der Waals surface area contributed by atoms with Gasteiger partial charge in [0.05, 0.1) is 6.61 Å². The Hall–Kier alpha value is 0.210. The van der Waals surface area contributed by atoms with Crippen molar-refractivity contribution in [1.29, 1.82) is 0 Å². The Labute approximate surface area is 92.2 Å². The molecule has 1 rings (SSSR count). The molecule has 84 valence electrons. The van der Waals surface area contributed by atoms with Gasteiger partial charge < -0.3 is 5.11 Å². The molecular formula is C11H22ClNO. The van der Waals surface area contributed by atoms with Crippen molar-refractivity contribution in [1.82, 2.24) is 4.90 Å². The van der Waals surface area contributed by atoms with Gasteiger partial charge in [0.2, 0.25) is 0 Å². The van der Waals surface area contributed by atoms with Crippen LogP contribution in [0.25, 0.3) is 0 Å². The van der Waals surface area contributed by atoms with Crippen LogP contribution in [0.15, 0.2) is 0 Å². The first-order valence-electron chi connectivity index (χ1n) is 5.79. The molecule has 0 saturated heterocycles. The second kappa shape index (κ2) is 7.49. The van der Waals surface area contributed by atoms with Gasteiger partial charge in [-0.05, 0) is 32.2 Å².